The molecule has 2 aliphatic carbocycles. The molecule has 3 rings (SSSR count). The maximum absolute atomic E-state index is 12.5. The highest BCUT2D eigenvalue weighted by atomic mass is 127. The van der Waals surface area contributed by atoms with E-state index in [4.69, 9.17) is 0 Å². The van der Waals surface area contributed by atoms with Gasteiger partial charge < -0.3 is 0 Å². The molecule has 0 saturated heterocycles. The van der Waals surface area contributed by atoms with Crippen molar-refractivity contribution in [1.82, 2.24) is 0 Å². The molecule has 90 valence electrons. The van der Waals surface area contributed by atoms with Crippen LogP contribution in [0.3, 0.4) is 0 Å². The van der Waals surface area contributed by atoms with Gasteiger partial charge in [-0.15, -0.1) is 0 Å². The molecule has 2 unspecified atom stereocenters. The second kappa shape index (κ2) is 4.38. The lowest BCUT2D eigenvalue weighted by Gasteiger charge is -2.38. The Morgan fingerprint density at radius 1 is 1.35 bits per heavy atom. The number of carbonyl (C=O) groups is 1. The predicted molar refractivity (Wildman–Crippen MR) is 77.7 cm³/mol. The highest BCUT2D eigenvalue weighted by molar-refractivity contribution is 14.1. The topological polar surface area (TPSA) is 17.1 Å². The average molecular weight is 340 g/mol. The van der Waals surface area contributed by atoms with Crippen molar-refractivity contribution in [3.63, 3.8) is 0 Å². The fourth-order valence-corrected chi connectivity index (χ4v) is 4.77. The normalized spacial score (nSPS) is 31.1. The van der Waals surface area contributed by atoms with Crippen LogP contribution >= 0.6 is 22.6 Å². The van der Waals surface area contributed by atoms with Crippen molar-refractivity contribution in [3.05, 3.63) is 35.4 Å². The minimum Gasteiger partial charge on any atom is -0.299 e. The molecule has 0 aromatic heterocycles. The zero-order valence-corrected chi connectivity index (χ0v) is 12.1. The Morgan fingerprint density at radius 3 is 3.00 bits per heavy atom. The molecule has 1 nitrogen and oxygen atoms in total. The Bertz CT molecular complexity index is 454. The van der Waals surface area contributed by atoms with Gasteiger partial charge in [-0.25, -0.2) is 0 Å². The van der Waals surface area contributed by atoms with Crippen LogP contribution in [0.2, 0.25) is 0 Å². The summed E-state index contributed by atoms with van der Waals surface area (Å²) in [4.78, 5) is 12.5. The van der Waals surface area contributed by atoms with Gasteiger partial charge in [-0.05, 0) is 42.7 Å². The summed E-state index contributed by atoms with van der Waals surface area (Å²) in [5, 5.41) is 0. The van der Waals surface area contributed by atoms with E-state index in [9.17, 15) is 4.79 Å². The van der Waals surface area contributed by atoms with Crippen LogP contribution in [0.5, 0.6) is 0 Å². The summed E-state index contributed by atoms with van der Waals surface area (Å²) >= 11 is 2.42. The third-order valence-electron chi connectivity index (χ3n) is 4.60. The van der Waals surface area contributed by atoms with Crippen LogP contribution < -0.4 is 0 Å². The molecule has 0 heterocycles. The van der Waals surface area contributed by atoms with Crippen molar-refractivity contribution in [1.29, 1.82) is 0 Å². The Morgan fingerprint density at radius 2 is 2.18 bits per heavy atom. The van der Waals surface area contributed by atoms with E-state index in [-0.39, 0.29) is 5.41 Å². The van der Waals surface area contributed by atoms with Crippen LogP contribution in [-0.4, -0.2) is 10.2 Å². The maximum Gasteiger partial charge on any atom is 0.140 e. The third-order valence-corrected chi connectivity index (χ3v) is 5.14. The quantitative estimate of drug-likeness (QED) is 0.590. The molecule has 0 spiro atoms. The summed E-state index contributed by atoms with van der Waals surface area (Å²) in [6, 6.07) is 8.69. The number of Topliss-reactive ketones (excluding diaryl/α,β-unsaturated/α-hetero) is 1. The number of fused-ring (bicyclic) bond motifs is 3. The Kier molecular flexibility index (Phi) is 3.01. The fourth-order valence-electron chi connectivity index (χ4n) is 3.81. The minimum atomic E-state index is -0.0386. The van der Waals surface area contributed by atoms with Gasteiger partial charge in [-0.2, -0.15) is 0 Å². The molecule has 2 atom stereocenters. The fraction of sp³-hybridized carbons (Fsp3) is 0.533. The van der Waals surface area contributed by atoms with Gasteiger partial charge in [0, 0.05) is 16.3 Å². The first kappa shape index (κ1) is 11.7. The Labute approximate surface area is 116 Å². The monoisotopic (exact) mass is 340 g/mol. The van der Waals surface area contributed by atoms with Crippen LogP contribution in [0, 0.1) is 5.41 Å². The molecule has 2 heteroatoms. The molecule has 0 bridgehead atoms. The van der Waals surface area contributed by atoms with E-state index in [1.54, 1.807) is 0 Å². The zero-order valence-electron chi connectivity index (χ0n) is 9.92. The number of alkyl halides is 1. The highest BCUT2D eigenvalue weighted by Crippen LogP contribution is 2.55. The molecule has 1 saturated carbocycles. The first-order valence-corrected chi connectivity index (χ1v) is 7.97. The van der Waals surface area contributed by atoms with Gasteiger partial charge in [0.1, 0.15) is 5.78 Å². The number of carbonyl (C=O) groups excluding carboxylic acids is 1. The lowest BCUT2D eigenvalue weighted by Crippen LogP contribution is -2.39. The highest BCUT2D eigenvalue weighted by Gasteiger charge is 2.51. The van der Waals surface area contributed by atoms with E-state index in [1.165, 1.54) is 17.5 Å². The van der Waals surface area contributed by atoms with Gasteiger partial charge in [0.05, 0.1) is 0 Å². The zero-order chi connectivity index (χ0) is 11.9. The van der Waals surface area contributed by atoms with Gasteiger partial charge in [-0.1, -0.05) is 46.9 Å². The van der Waals surface area contributed by atoms with Crippen LogP contribution in [-0.2, 0) is 11.2 Å². The van der Waals surface area contributed by atoms with E-state index < -0.39 is 0 Å². The largest absolute Gasteiger partial charge is 0.299 e. The molecule has 0 aliphatic heterocycles. The average Bonchev–Trinajstić information content (AvgIpc) is 2.66. The summed E-state index contributed by atoms with van der Waals surface area (Å²) in [6.07, 6.45) is 5.16. The van der Waals surface area contributed by atoms with Crippen LogP contribution in [0.4, 0.5) is 0 Å². The van der Waals surface area contributed by atoms with Crippen molar-refractivity contribution in [2.24, 2.45) is 5.41 Å². The van der Waals surface area contributed by atoms with Crippen molar-refractivity contribution in [2.75, 3.05) is 4.43 Å². The van der Waals surface area contributed by atoms with E-state index in [2.05, 4.69) is 46.9 Å². The summed E-state index contributed by atoms with van der Waals surface area (Å²) in [5.41, 5.74) is 2.85. The molecule has 1 aromatic rings. The van der Waals surface area contributed by atoms with Crippen LogP contribution in [0.25, 0.3) is 0 Å². The van der Waals surface area contributed by atoms with Crippen LogP contribution in [0.1, 0.15) is 42.7 Å². The van der Waals surface area contributed by atoms with Crippen molar-refractivity contribution in [2.45, 2.75) is 38.0 Å². The molecule has 2 aliphatic rings. The standard InChI is InChI=1S/C15H17IO/c16-9-8-15-10-11-4-1-2-5-12(11)13(15)6-3-7-14(15)17/h1-2,4-5,13H,3,6-10H2. The van der Waals surface area contributed by atoms with E-state index in [1.807, 2.05) is 0 Å². The number of hydrogen-bond donors (Lipinski definition) is 0. The first-order chi connectivity index (χ1) is 8.28. The second-order valence-corrected chi connectivity index (χ2v) is 6.42. The Balaban J connectivity index is 2.07. The van der Waals surface area contributed by atoms with Crippen LogP contribution in [0.15, 0.2) is 24.3 Å². The van der Waals surface area contributed by atoms with E-state index >= 15 is 0 Å². The van der Waals surface area contributed by atoms with Crippen molar-refractivity contribution < 1.29 is 4.79 Å². The number of benzene rings is 1. The number of hydrogen-bond acceptors (Lipinski definition) is 1. The molecule has 0 amide bonds. The number of ketones is 1. The molecule has 0 N–H and O–H groups in total. The second-order valence-electron chi connectivity index (χ2n) is 5.34. The summed E-state index contributed by atoms with van der Waals surface area (Å²) in [7, 11) is 0. The lowest BCUT2D eigenvalue weighted by molar-refractivity contribution is -0.132. The van der Waals surface area contributed by atoms with Gasteiger partial charge >= 0.3 is 0 Å². The molecule has 1 fully saturated rings. The molecular formula is C15H17IO. The van der Waals surface area contributed by atoms with Gasteiger partial charge in [-0.3, -0.25) is 4.79 Å². The first-order valence-electron chi connectivity index (χ1n) is 6.45. The predicted octanol–water partition coefficient (Wildman–Crippen LogP) is 3.89. The third kappa shape index (κ3) is 1.67. The molecule has 1 aromatic carbocycles. The number of rotatable bonds is 2. The van der Waals surface area contributed by atoms with Crippen molar-refractivity contribution >= 4 is 28.4 Å². The lowest BCUT2D eigenvalue weighted by atomic mass is 9.64. The SMILES string of the molecule is O=C1CCCC2c3ccccc3CC12CCI. The smallest absolute Gasteiger partial charge is 0.140 e. The molecule has 0 radical (unpaired) electrons. The van der Waals surface area contributed by atoms with Gasteiger partial charge in [0.2, 0.25) is 0 Å². The minimum absolute atomic E-state index is 0.0386. The van der Waals surface area contributed by atoms with Crippen molar-refractivity contribution in [3.8, 4) is 0 Å². The maximum atomic E-state index is 12.5. The summed E-state index contributed by atoms with van der Waals surface area (Å²) < 4.78 is 1.09. The molecular weight excluding hydrogens is 323 g/mol. The van der Waals surface area contributed by atoms with E-state index in [0.29, 0.717) is 11.7 Å². The number of halogens is 1. The summed E-state index contributed by atoms with van der Waals surface area (Å²) in [5.74, 6) is 1.04. The Hall–Kier alpha value is -0.380. The molecule has 17 heavy (non-hydrogen) atoms. The summed E-state index contributed by atoms with van der Waals surface area (Å²) in [6.45, 7) is 0. The van der Waals surface area contributed by atoms with Gasteiger partial charge in [0.15, 0.2) is 0 Å². The van der Waals surface area contributed by atoms with Gasteiger partial charge in [0.25, 0.3) is 0 Å². The van der Waals surface area contributed by atoms with E-state index in [0.717, 1.165) is 30.1 Å².